The molecule has 4 atom stereocenters. The second kappa shape index (κ2) is 10.7. The number of phenols is 1. The van der Waals surface area contributed by atoms with Crippen LogP contribution in [-0.4, -0.2) is 99.9 Å². The maximum absolute atomic E-state index is 14.0. The number of rotatable bonds is 7. The van der Waals surface area contributed by atoms with E-state index in [2.05, 4.69) is 0 Å². The predicted octanol–water partition coefficient (Wildman–Crippen LogP) is 1.30. The van der Waals surface area contributed by atoms with E-state index < -0.39 is 58.0 Å². The van der Waals surface area contributed by atoms with Gasteiger partial charge in [-0.25, -0.2) is 0 Å². The highest BCUT2D eigenvalue weighted by molar-refractivity contribution is 6.24. The number of nitrogens with two attached hydrogens (primary N) is 1. The van der Waals surface area contributed by atoms with Crippen LogP contribution < -0.4 is 5.73 Å². The molecule has 2 aromatic carbocycles. The molecule has 0 aliphatic heterocycles. The minimum Gasteiger partial charge on any atom is -0.508 e. The van der Waals surface area contributed by atoms with Gasteiger partial charge in [0.2, 0.25) is 5.78 Å². The zero-order valence-electron chi connectivity index (χ0n) is 24.4. The van der Waals surface area contributed by atoms with Crippen molar-refractivity contribution in [2.75, 3.05) is 34.7 Å². The lowest BCUT2D eigenvalue weighted by Crippen LogP contribution is -2.65. The minimum atomic E-state index is -2.69. The van der Waals surface area contributed by atoms with Gasteiger partial charge in [-0.15, -0.1) is 0 Å². The van der Waals surface area contributed by atoms with E-state index >= 15 is 0 Å². The van der Waals surface area contributed by atoms with E-state index in [9.17, 15) is 39.6 Å². The van der Waals surface area contributed by atoms with Gasteiger partial charge >= 0.3 is 0 Å². The number of benzene rings is 2. The third-order valence-electron chi connectivity index (χ3n) is 8.74. The number of hydrogen-bond acceptors (Lipinski definition) is 10. The Kier molecular flexibility index (Phi) is 7.54. The van der Waals surface area contributed by atoms with E-state index in [1.54, 1.807) is 25.1 Å². The zero-order valence-corrected chi connectivity index (χ0v) is 24.4. The van der Waals surface area contributed by atoms with Gasteiger partial charge in [0.25, 0.3) is 5.91 Å². The molecule has 0 radical (unpaired) electrons. The predicted molar refractivity (Wildman–Crippen MR) is 157 cm³/mol. The summed E-state index contributed by atoms with van der Waals surface area (Å²) in [6.45, 7) is 0.297. The lowest BCUT2D eigenvalue weighted by atomic mass is 9.57. The molecule has 226 valence electrons. The summed E-state index contributed by atoms with van der Waals surface area (Å²) in [6, 6.07) is 9.33. The smallest absolute Gasteiger partial charge is 0.255 e. The number of nitrogens with zero attached hydrogens (tertiary/aromatic N) is 2. The fraction of sp³-hybridized carbons (Fsp3) is 0.375. The Balaban J connectivity index is 1.64. The topological polar surface area (TPSA) is 182 Å². The van der Waals surface area contributed by atoms with Crippen molar-refractivity contribution in [1.82, 2.24) is 9.80 Å². The first kappa shape index (κ1) is 30.1. The summed E-state index contributed by atoms with van der Waals surface area (Å²) in [7, 11) is 6.75. The monoisotopic (exact) mass is 589 g/mol. The van der Waals surface area contributed by atoms with E-state index in [1.165, 1.54) is 11.0 Å². The summed E-state index contributed by atoms with van der Waals surface area (Å²) in [4.78, 5) is 55.2. The van der Waals surface area contributed by atoms with Gasteiger partial charge in [0.15, 0.2) is 17.2 Å². The van der Waals surface area contributed by atoms with Crippen LogP contribution in [0.25, 0.3) is 16.9 Å². The van der Waals surface area contributed by atoms with Crippen molar-refractivity contribution in [3.8, 4) is 16.9 Å². The van der Waals surface area contributed by atoms with Crippen LogP contribution in [0, 0.1) is 11.8 Å². The highest BCUT2D eigenvalue weighted by atomic mass is 16.3. The Bertz CT molecular complexity index is 1640. The van der Waals surface area contributed by atoms with E-state index in [0.717, 1.165) is 11.1 Å². The van der Waals surface area contributed by atoms with Gasteiger partial charge in [0, 0.05) is 17.9 Å². The molecule has 0 unspecified atom stereocenters. The Morgan fingerprint density at radius 2 is 1.74 bits per heavy atom. The van der Waals surface area contributed by atoms with E-state index in [4.69, 9.17) is 5.73 Å². The van der Waals surface area contributed by atoms with Gasteiger partial charge in [0.1, 0.15) is 22.8 Å². The number of phenolic OH excluding ortho intramolecular Hbond substituents is 1. The van der Waals surface area contributed by atoms with Crippen LogP contribution in [0.15, 0.2) is 53.3 Å². The molecule has 43 heavy (non-hydrogen) atoms. The Morgan fingerprint density at radius 1 is 1.05 bits per heavy atom. The molecular formula is C32H35N3O8. The number of fused-ring (bicyclic) bond motifs is 3. The first-order valence-electron chi connectivity index (χ1n) is 13.9. The molecule has 1 fully saturated rings. The molecule has 0 saturated heterocycles. The molecule has 2 aromatic rings. The quantitative estimate of drug-likeness (QED) is 0.295. The highest BCUT2D eigenvalue weighted by Crippen LogP contribution is 2.53. The molecule has 6 N–H and O–H groups in total. The number of aliphatic hydroxyl groups excluding tert-OH is 2. The lowest BCUT2D eigenvalue weighted by Gasteiger charge is -2.50. The largest absolute Gasteiger partial charge is 0.508 e. The summed E-state index contributed by atoms with van der Waals surface area (Å²) in [5.41, 5.74) is 4.42. The summed E-state index contributed by atoms with van der Waals surface area (Å²) in [6.07, 6.45) is 0.394. The number of primary amides is 1. The van der Waals surface area contributed by atoms with Crippen LogP contribution in [0.1, 0.15) is 23.1 Å². The Hall–Kier alpha value is -4.32. The van der Waals surface area contributed by atoms with Crippen molar-refractivity contribution in [3.63, 3.8) is 0 Å². The Labute approximate surface area is 248 Å². The van der Waals surface area contributed by atoms with Gasteiger partial charge in [0.05, 0.1) is 18.2 Å². The number of likely N-dealkylation sites (N-methyl/N-ethyl adjacent to an activating group) is 2. The second-order valence-corrected chi connectivity index (χ2v) is 12.1. The summed E-state index contributed by atoms with van der Waals surface area (Å²) in [5.74, 6) is -6.90. The molecule has 0 spiro atoms. The van der Waals surface area contributed by atoms with Crippen LogP contribution in [0.3, 0.4) is 0 Å². The number of ketones is 3. The van der Waals surface area contributed by atoms with Gasteiger partial charge in [-0.3, -0.25) is 24.1 Å². The van der Waals surface area contributed by atoms with Crippen LogP contribution in [0.5, 0.6) is 5.75 Å². The van der Waals surface area contributed by atoms with E-state index in [1.807, 2.05) is 38.4 Å². The fourth-order valence-corrected chi connectivity index (χ4v) is 7.00. The molecule has 0 bridgehead atoms. The van der Waals surface area contributed by atoms with Gasteiger partial charge in [-0.05, 0) is 75.3 Å². The van der Waals surface area contributed by atoms with E-state index in [-0.39, 0.29) is 41.9 Å². The molecule has 11 heteroatoms. The molecule has 11 nitrogen and oxygen atoms in total. The van der Waals surface area contributed by atoms with Crippen molar-refractivity contribution >= 4 is 29.0 Å². The average molecular weight is 590 g/mol. The molecule has 0 heterocycles. The fourth-order valence-electron chi connectivity index (χ4n) is 7.00. The number of aliphatic hydroxyl groups is 3. The molecule has 3 aliphatic rings. The first-order valence-corrected chi connectivity index (χ1v) is 13.9. The van der Waals surface area contributed by atoms with Crippen molar-refractivity contribution in [3.05, 3.63) is 70.0 Å². The summed E-state index contributed by atoms with van der Waals surface area (Å²) < 4.78 is 0. The normalized spacial score (nSPS) is 25.1. The van der Waals surface area contributed by atoms with Gasteiger partial charge < -0.3 is 31.1 Å². The van der Waals surface area contributed by atoms with Gasteiger partial charge in [-0.2, -0.15) is 0 Å². The lowest BCUT2D eigenvalue weighted by molar-refractivity contribution is -0.153. The standard InChI is InChI=1S/C32H35N3O8/c1-34(2)14-18(36)11-15-6-5-7-16(10-15)19-8-9-22(37)24-20(19)12-17-13-21-26(35(3)4)28(39)25(31(33)42)30(41)32(21,43)29(40)23(17)27(24)38/h5-10,17,21,26,37-38,41,43H,11-14H2,1-4H3,(H2,33,42)/t17-,21-,26-,32-/m0/s1. The van der Waals surface area contributed by atoms with Crippen molar-refractivity contribution in [1.29, 1.82) is 0 Å². The third-order valence-corrected chi connectivity index (χ3v) is 8.74. The highest BCUT2D eigenvalue weighted by Gasteiger charge is 2.64. The number of amides is 1. The second-order valence-electron chi connectivity index (χ2n) is 12.1. The maximum Gasteiger partial charge on any atom is 0.255 e. The minimum absolute atomic E-state index is 0.0000644. The molecule has 3 aliphatic carbocycles. The van der Waals surface area contributed by atoms with Crippen LogP contribution in [0.2, 0.25) is 0 Å². The molecule has 5 rings (SSSR count). The average Bonchev–Trinajstić information content (AvgIpc) is 2.90. The zero-order chi connectivity index (χ0) is 31.5. The molecule has 1 amide bonds. The van der Waals surface area contributed by atoms with Crippen molar-refractivity contribution in [2.24, 2.45) is 17.6 Å². The van der Waals surface area contributed by atoms with E-state index in [0.29, 0.717) is 17.7 Å². The first-order chi connectivity index (χ1) is 20.2. The van der Waals surface area contributed by atoms with Crippen molar-refractivity contribution < 1.29 is 39.6 Å². The van der Waals surface area contributed by atoms with Crippen LogP contribution in [-0.2, 0) is 32.0 Å². The number of carbonyl (C=O) groups is 4. The Morgan fingerprint density at radius 3 is 2.37 bits per heavy atom. The maximum atomic E-state index is 14.0. The SMILES string of the molecule is CN(C)CC(=O)Cc1cccc(-c2ccc(O)c3c2C[C@H]2C[C@H]4[C@H](N(C)C)C(=O)C(C(N)=O)=C(O)[C@@]4(O)C(=O)C2=C3O)c1. The van der Waals surface area contributed by atoms with Crippen molar-refractivity contribution in [2.45, 2.75) is 30.9 Å². The molecular weight excluding hydrogens is 554 g/mol. The molecule has 0 aromatic heterocycles. The summed E-state index contributed by atoms with van der Waals surface area (Å²) in [5, 5.41) is 45.1. The number of hydrogen-bond donors (Lipinski definition) is 5. The number of aromatic hydroxyl groups is 1. The van der Waals surface area contributed by atoms with Crippen LogP contribution >= 0.6 is 0 Å². The van der Waals surface area contributed by atoms with Gasteiger partial charge in [-0.1, -0.05) is 30.3 Å². The number of Topliss-reactive ketones (excluding diaryl/α,β-unsaturated/α-hetero) is 3. The summed E-state index contributed by atoms with van der Waals surface area (Å²) >= 11 is 0. The third kappa shape index (κ3) is 4.73. The van der Waals surface area contributed by atoms with Crippen LogP contribution in [0.4, 0.5) is 0 Å². The number of carbonyl (C=O) groups excluding carboxylic acids is 4. The molecule has 1 saturated carbocycles.